The zero-order valence-corrected chi connectivity index (χ0v) is 6.10. The summed E-state index contributed by atoms with van der Waals surface area (Å²) < 4.78 is 35.8. The van der Waals surface area contributed by atoms with Gasteiger partial charge in [-0.3, -0.25) is 0 Å². The molecule has 0 nitrogen and oxygen atoms in total. The molecule has 10 heavy (non-hydrogen) atoms. The van der Waals surface area contributed by atoms with Crippen molar-refractivity contribution in [2.24, 2.45) is 5.41 Å². The Morgan fingerprint density at radius 1 is 1.20 bits per heavy atom. The molecule has 0 aromatic heterocycles. The number of halogens is 4. The summed E-state index contributed by atoms with van der Waals surface area (Å²) in [5.74, 6) is 0. The van der Waals surface area contributed by atoms with Crippen LogP contribution >= 0.6 is 11.6 Å². The second-order valence-electron chi connectivity index (χ2n) is 2.09. The van der Waals surface area contributed by atoms with Gasteiger partial charge in [0, 0.05) is 5.03 Å². The minimum absolute atomic E-state index is 0.306. The lowest BCUT2D eigenvalue weighted by Crippen LogP contribution is -2.28. The molecule has 4 heteroatoms. The molecule has 0 amide bonds. The van der Waals surface area contributed by atoms with Crippen molar-refractivity contribution < 1.29 is 13.2 Å². The Bertz CT molecular complexity index is 112. The maximum Gasteiger partial charge on any atom is 0.105 e. The molecule has 0 spiro atoms. The van der Waals surface area contributed by atoms with E-state index in [1.807, 2.05) is 0 Å². The zero-order chi connectivity index (χ0) is 8.20. The van der Waals surface area contributed by atoms with E-state index in [9.17, 15) is 13.2 Å². The summed E-state index contributed by atoms with van der Waals surface area (Å²) in [7, 11) is 0. The fourth-order valence-corrected chi connectivity index (χ4v) is 0.476. The molecule has 0 atom stereocenters. The smallest absolute Gasteiger partial charge is 0.105 e. The molecule has 0 saturated carbocycles. The summed E-state index contributed by atoms with van der Waals surface area (Å²) in [6.07, 6.45) is 0. The first-order valence-electron chi connectivity index (χ1n) is 2.65. The lowest BCUT2D eigenvalue weighted by molar-refractivity contribution is 0.159. The Balaban J connectivity index is 4.31. The fourth-order valence-electron chi connectivity index (χ4n) is 0.325. The molecule has 0 rings (SSSR count). The monoisotopic (exact) mass is 172 g/mol. The van der Waals surface area contributed by atoms with Crippen molar-refractivity contribution in [3.63, 3.8) is 0 Å². The SMILES string of the molecule is C=C(Cl)C(CF)(CF)CF. The van der Waals surface area contributed by atoms with Gasteiger partial charge >= 0.3 is 0 Å². The van der Waals surface area contributed by atoms with E-state index >= 15 is 0 Å². The molecule has 0 aliphatic heterocycles. The Morgan fingerprint density at radius 3 is 1.50 bits per heavy atom. The normalized spacial score (nSPS) is 11.6. The standard InChI is InChI=1S/C6H8ClF3/c1-5(7)6(2-8,3-9)4-10/h1-4H2. The summed E-state index contributed by atoms with van der Waals surface area (Å²) in [4.78, 5) is 0. The van der Waals surface area contributed by atoms with E-state index in [1.54, 1.807) is 0 Å². The first-order chi connectivity index (χ1) is 4.63. The van der Waals surface area contributed by atoms with Crippen molar-refractivity contribution in [1.82, 2.24) is 0 Å². The average Bonchev–Trinajstić information content (AvgIpc) is 1.92. The molecule has 0 aromatic rings. The van der Waals surface area contributed by atoms with Gasteiger partial charge < -0.3 is 0 Å². The van der Waals surface area contributed by atoms with Crippen molar-refractivity contribution in [2.75, 3.05) is 20.0 Å². The van der Waals surface area contributed by atoms with Crippen LogP contribution in [0.5, 0.6) is 0 Å². The number of rotatable bonds is 4. The van der Waals surface area contributed by atoms with Gasteiger partial charge in [-0.1, -0.05) is 18.2 Å². The minimum Gasteiger partial charge on any atom is -0.250 e. The van der Waals surface area contributed by atoms with Crippen LogP contribution in [0.25, 0.3) is 0 Å². The van der Waals surface area contributed by atoms with Crippen LogP contribution in [0.2, 0.25) is 0 Å². The average molecular weight is 173 g/mol. The van der Waals surface area contributed by atoms with Gasteiger partial charge in [-0.15, -0.1) is 0 Å². The quantitative estimate of drug-likeness (QED) is 0.612. The van der Waals surface area contributed by atoms with Gasteiger partial charge in [0.25, 0.3) is 0 Å². The van der Waals surface area contributed by atoms with Gasteiger partial charge in [0.15, 0.2) is 0 Å². The third-order valence-corrected chi connectivity index (χ3v) is 1.74. The fraction of sp³-hybridized carbons (Fsp3) is 0.667. The van der Waals surface area contributed by atoms with Crippen molar-refractivity contribution in [2.45, 2.75) is 0 Å². The second kappa shape index (κ2) is 3.86. The summed E-state index contributed by atoms with van der Waals surface area (Å²) >= 11 is 5.19. The summed E-state index contributed by atoms with van der Waals surface area (Å²) in [6, 6.07) is 0. The number of alkyl halides is 3. The van der Waals surface area contributed by atoms with Gasteiger partial charge in [-0.25, -0.2) is 13.2 Å². The first kappa shape index (κ1) is 9.82. The van der Waals surface area contributed by atoms with Gasteiger partial charge in [0.2, 0.25) is 0 Å². The maximum absolute atomic E-state index is 11.9. The van der Waals surface area contributed by atoms with E-state index in [0.29, 0.717) is 0 Å². The maximum atomic E-state index is 11.9. The molecule has 0 bridgehead atoms. The molecule has 0 aliphatic carbocycles. The third kappa shape index (κ3) is 1.66. The number of hydrogen-bond acceptors (Lipinski definition) is 0. The second-order valence-corrected chi connectivity index (χ2v) is 2.54. The molecule has 0 aliphatic rings. The molecule has 0 N–H and O–H groups in total. The minimum atomic E-state index is -1.80. The van der Waals surface area contributed by atoms with E-state index in [2.05, 4.69) is 6.58 Å². The highest BCUT2D eigenvalue weighted by Gasteiger charge is 2.33. The number of allylic oxidation sites excluding steroid dienone is 1. The van der Waals surface area contributed by atoms with Crippen molar-refractivity contribution in [3.8, 4) is 0 Å². The Morgan fingerprint density at radius 2 is 1.50 bits per heavy atom. The van der Waals surface area contributed by atoms with E-state index in [1.165, 1.54) is 0 Å². The van der Waals surface area contributed by atoms with Crippen LogP contribution in [0, 0.1) is 5.41 Å². The van der Waals surface area contributed by atoms with Crippen LogP contribution in [0.15, 0.2) is 11.6 Å². The van der Waals surface area contributed by atoms with Crippen LogP contribution in [0.1, 0.15) is 0 Å². The molecular formula is C6H8ClF3. The zero-order valence-electron chi connectivity index (χ0n) is 5.34. The van der Waals surface area contributed by atoms with E-state index in [0.717, 1.165) is 0 Å². The lowest BCUT2D eigenvalue weighted by atomic mass is 9.93. The summed E-state index contributed by atoms with van der Waals surface area (Å²) in [5, 5.41) is -0.306. The molecule has 0 fully saturated rings. The number of hydrogen-bond donors (Lipinski definition) is 0. The largest absolute Gasteiger partial charge is 0.250 e. The molecule has 0 heterocycles. The van der Waals surface area contributed by atoms with Crippen LogP contribution in [0.4, 0.5) is 13.2 Å². The molecular weight excluding hydrogens is 165 g/mol. The summed E-state index contributed by atoms with van der Waals surface area (Å²) in [6.45, 7) is -0.366. The van der Waals surface area contributed by atoms with Crippen molar-refractivity contribution in [3.05, 3.63) is 11.6 Å². The Kier molecular flexibility index (Phi) is 3.79. The highest BCUT2D eigenvalue weighted by Crippen LogP contribution is 2.30. The van der Waals surface area contributed by atoms with Crippen molar-refractivity contribution >= 4 is 11.6 Å². The van der Waals surface area contributed by atoms with Crippen LogP contribution in [-0.4, -0.2) is 20.0 Å². The lowest BCUT2D eigenvalue weighted by Gasteiger charge is -2.21. The molecule has 0 saturated heterocycles. The van der Waals surface area contributed by atoms with Crippen molar-refractivity contribution in [1.29, 1.82) is 0 Å². The summed E-state index contributed by atoms with van der Waals surface area (Å²) in [5.41, 5.74) is -1.80. The Hall–Kier alpha value is -0.180. The molecule has 60 valence electrons. The third-order valence-electron chi connectivity index (χ3n) is 1.34. The van der Waals surface area contributed by atoms with Crippen LogP contribution in [0.3, 0.4) is 0 Å². The Labute approximate surface area is 62.7 Å². The van der Waals surface area contributed by atoms with Gasteiger partial charge in [-0.2, -0.15) is 0 Å². The van der Waals surface area contributed by atoms with E-state index < -0.39 is 25.4 Å². The highest BCUT2D eigenvalue weighted by molar-refractivity contribution is 6.30. The predicted octanol–water partition coefficient (Wildman–Crippen LogP) is 2.63. The van der Waals surface area contributed by atoms with Gasteiger partial charge in [-0.05, 0) is 0 Å². The topological polar surface area (TPSA) is 0 Å². The van der Waals surface area contributed by atoms with Crippen LogP contribution in [-0.2, 0) is 0 Å². The predicted molar refractivity (Wildman–Crippen MR) is 35.4 cm³/mol. The first-order valence-corrected chi connectivity index (χ1v) is 3.03. The van der Waals surface area contributed by atoms with E-state index in [4.69, 9.17) is 11.6 Å². The molecule has 0 radical (unpaired) electrons. The highest BCUT2D eigenvalue weighted by atomic mass is 35.5. The van der Waals surface area contributed by atoms with Gasteiger partial charge in [0.05, 0.1) is 5.41 Å². The van der Waals surface area contributed by atoms with E-state index in [-0.39, 0.29) is 5.03 Å². The van der Waals surface area contributed by atoms with Gasteiger partial charge in [0.1, 0.15) is 20.0 Å². The van der Waals surface area contributed by atoms with Crippen LogP contribution < -0.4 is 0 Å². The molecule has 0 aromatic carbocycles. The molecule has 0 unspecified atom stereocenters.